The summed E-state index contributed by atoms with van der Waals surface area (Å²) in [7, 11) is 4.45. The van der Waals surface area contributed by atoms with E-state index < -0.39 is 147 Å². The van der Waals surface area contributed by atoms with E-state index in [9.17, 15) is 76.7 Å². The van der Waals surface area contributed by atoms with Gasteiger partial charge in [-0.2, -0.15) is 0 Å². The standard InChI is InChI=1S/C19H26N2O7.C19H25N2O6.C18H23N2O6.C18H24N2O5P.3Y/c1-19(2,3)28-18(26)21(12-16(23)24)11-15(22)20(13-17(25)27-4)10-14-8-6-5-7-9-14;1-19(2,3)27-18(25)20(10-11-22)13-16(23)21(14-17(24)26-4)12-15-8-6-5-7-9-15;1-18(2,3)26-17(25)19(9-10-21)12-15(22)20(13-16(23)24)11-14-7-5-4-6-8-14;1-18(2,3)25-17(24)19(9-10-21)12-15(22)20(13-16(23)26)11-14-7-5-4-6-8-14;;;/h5-9H,10-13H2,1-4H3,(H,23,24);5-9H,10,12-14H2,1-4H3;4-8H,9,11-13H2,1-3H3,(H,23,24);4-8H,9,11-13,26H2,1-3H3;;;/q;3*-1;;;. The second kappa shape index (κ2) is 54.7. The van der Waals surface area contributed by atoms with Crippen molar-refractivity contribution >= 4 is 106 Å². The van der Waals surface area contributed by atoms with Gasteiger partial charge in [0.2, 0.25) is 23.6 Å². The van der Waals surface area contributed by atoms with Crippen LogP contribution in [0.1, 0.15) is 105 Å². The van der Waals surface area contributed by atoms with E-state index in [4.69, 9.17) is 29.2 Å². The molecule has 0 saturated carbocycles. The Morgan fingerprint density at radius 3 is 0.718 bits per heavy atom. The third-order valence-corrected chi connectivity index (χ3v) is 13.2. The van der Waals surface area contributed by atoms with Crippen LogP contribution in [0, 0.1) is 0 Å². The molecule has 110 heavy (non-hydrogen) atoms. The topological polar surface area (TPSA) is 395 Å². The maximum atomic E-state index is 12.7. The van der Waals surface area contributed by atoms with Crippen molar-refractivity contribution in [3.8, 4) is 0 Å². The van der Waals surface area contributed by atoms with Crippen molar-refractivity contribution in [2.24, 2.45) is 0 Å². The summed E-state index contributed by atoms with van der Waals surface area (Å²) < 4.78 is 30.0. The Kier molecular flexibility index (Phi) is 52.9. The fraction of sp³-hybridized carbons (Fsp3) is 0.459. The van der Waals surface area contributed by atoms with Gasteiger partial charge in [0.15, 0.2) is 5.52 Å². The van der Waals surface area contributed by atoms with Crippen LogP contribution in [-0.4, -0.2) is 261 Å². The van der Waals surface area contributed by atoms with E-state index in [2.05, 4.69) is 9.47 Å². The Labute approximate surface area is 719 Å². The number of carboxylic acids is 2. The van der Waals surface area contributed by atoms with Gasteiger partial charge in [0, 0.05) is 124 Å². The summed E-state index contributed by atoms with van der Waals surface area (Å²) in [5.41, 5.74) is -0.301. The number of esters is 2. The van der Waals surface area contributed by atoms with E-state index in [0.717, 1.165) is 46.8 Å². The normalized spacial score (nSPS) is 10.4. The molecule has 8 amide bonds. The fourth-order valence-corrected chi connectivity index (χ4v) is 8.65. The molecule has 0 aliphatic carbocycles. The van der Waals surface area contributed by atoms with E-state index in [1.165, 1.54) is 28.9 Å². The van der Waals surface area contributed by atoms with Gasteiger partial charge in [-0.15, -0.1) is 0 Å². The van der Waals surface area contributed by atoms with Gasteiger partial charge in [-0.25, -0.2) is 38.0 Å². The van der Waals surface area contributed by atoms with Crippen LogP contribution in [0.3, 0.4) is 0 Å². The van der Waals surface area contributed by atoms with Crippen molar-refractivity contribution in [2.45, 2.75) is 132 Å². The second-order valence-corrected chi connectivity index (χ2v) is 27.8. The molecule has 0 aromatic heterocycles. The molecule has 3 radical (unpaired) electrons. The van der Waals surface area contributed by atoms with Gasteiger partial charge in [-0.05, 0) is 105 Å². The molecule has 32 nitrogen and oxygen atoms in total. The first-order valence-electron chi connectivity index (χ1n) is 33.0. The molecule has 595 valence electrons. The van der Waals surface area contributed by atoms with Crippen LogP contribution in [0.5, 0.6) is 0 Å². The molecule has 0 heterocycles. The number of hydrogen-bond donors (Lipinski definition) is 2. The average Bonchev–Trinajstić information content (AvgIpc) is 0.878. The van der Waals surface area contributed by atoms with Crippen molar-refractivity contribution < 1.29 is 213 Å². The number of aliphatic carboxylic acids is 2. The number of methoxy groups -OCH3 is 2. The second-order valence-electron chi connectivity index (χ2n) is 27.1. The minimum absolute atomic E-state index is 0. The van der Waals surface area contributed by atoms with Gasteiger partial charge in [0.25, 0.3) is 0 Å². The first kappa shape index (κ1) is 106. The van der Waals surface area contributed by atoms with E-state index in [1.54, 1.807) is 157 Å². The molecule has 0 bridgehead atoms. The van der Waals surface area contributed by atoms with Crippen LogP contribution in [0.2, 0.25) is 0 Å². The molecule has 4 aromatic rings. The Morgan fingerprint density at radius 1 is 0.318 bits per heavy atom. The smallest absolute Gasteiger partial charge is 0.411 e. The number of ether oxygens (including phenoxy) is 6. The molecule has 0 saturated heterocycles. The molecular weight excluding hydrogens is 1680 g/mol. The molecule has 0 aliphatic heterocycles. The predicted octanol–water partition coefficient (Wildman–Crippen LogP) is 6.25. The summed E-state index contributed by atoms with van der Waals surface area (Å²) in [6.45, 7) is 15.4. The zero-order chi connectivity index (χ0) is 81.3. The maximum Gasteiger partial charge on any atom is 0.411 e. The first-order chi connectivity index (χ1) is 49.9. The van der Waals surface area contributed by atoms with Gasteiger partial charge < -0.3 is 87.3 Å². The summed E-state index contributed by atoms with van der Waals surface area (Å²) in [6.07, 6.45) is 1.39. The number of carbonyl (C=O) groups is 13. The molecule has 0 spiro atoms. The largest absolute Gasteiger partial charge is 0.540 e. The minimum atomic E-state index is -1.29. The Hall–Kier alpha value is -7.86. The van der Waals surface area contributed by atoms with Gasteiger partial charge in [-0.1, -0.05) is 150 Å². The summed E-state index contributed by atoms with van der Waals surface area (Å²) in [5, 5.41) is 18.1. The van der Waals surface area contributed by atoms with E-state index in [-0.39, 0.29) is 156 Å². The van der Waals surface area contributed by atoms with Crippen LogP contribution in [0.15, 0.2) is 121 Å². The van der Waals surface area contributed by atoms with Gasteiger partial charge in [0.05, 0.1) is 20.8 Å². The average molecular weight is 1780 g/mol. The molecule has 0 fully saturated rings. The van der Waals surface area contributed by atoms with Crippen LogP contribution >= 0.6 is 9.24 Å². The number of amides is 8. The Morgan fingerprint density at radius 2 is 0.518 bits per heavy atom. The van der Waals surface area contributed by atoms with E-state index in [1.807, 2.05) is 76.0 Å². The minimum Gasteiger partial charge on any atom is -0.540 e. The van der Waals surface area contributed by atoms with Crippen molar-refractivity contribution in [3.05, 3.63) is 144 Å². The van der Waals surface area contributed by atoms with Crippen molar-refractivity contribution in [1.29, 1.82) is 0 Å². The zero-order valence-corrected chi connectivity index (χ0v) is 74.3. The Bertz CT molecular complexity index is 3470. The summed E-state index contributed by atoms with van der Waals surface area (Å²) in [5.74, 6) is -5.91. The summed E-state index contributed by atoms with van der Waals surface area (Å²) in [4.78, 5) is 197. The number of rotatable bonds is 32. The zero-order valence-electron chi connectivity index (χ0n) is 64.6. The number of hydrogen-bond acceptors (Lipinski definition) is 22. The number of carboxylic acid groups (broad SMARTS) is 2. The molecule has 4 aromatic carbocycles. The quantitative estimate of drug-likeness (QED) is 0.0236. The fourth-order valence-electron chi connectivity index (χ4n) is 8.43. The molecule has 2 N–H and O–H groups in total. The van der Waals surface area contributed by atoms with E-state index >= 15 is 0 Å². The van der Waals surface area contributed by atoms with Gasteiger partial charge in [-0.3, -0.25) is 48.1 Å². The third kappa shape index (κ3) is 49.4. The monoisotopic (exact) mass is 1780 g/mol. The van der Waals surface area contributed by atoms with Crippen LogP contribution in [-0.2, 0) is 210 Å². The van der Waals surface area contributed by atoms with Crippen molar-refractivity contribution in [2.75, 3.05) is 92.8 Å². The van der Waals surface area contributed by atoms with Gasteiger partial charge in [0.1, 0.15) is 74.8 Å². The maximum absolute atomic E-state index is 12.7. The third-order valence-electron chi connectivity index (χ3n) is 13.0. The van der Waals surface area contributed by atoms with Crippen LogP contribution in [0.25, 0.3) is 0 Å². The molecular formula is C74H98N8O24PY3-3. The number of nitrogens with zero attached hydrogens (tertiary/aromatic N) is 8. The SMILES string of the molecule is CC(C)(C)OC(=O)N(C[C-]=O)CC(=O)N(CC(=O)O)Cc1ccccc1.CC(C)(C)OC(=O)N(C[C-]=O)CC(=O)N(CC(=O)P)Cc1ccccc1.COC(=O)CN(Cc1ccccc1)C(=O)CN(CC(=O)O)C(=O)OC(C)(C)C.COC(=O)CN(Cc1ccccc1)C(=O)CN(C[C-]=O)C(=O)OC(C)(C)C.[Y].[Y].[Y]. The van der Waals surface area contributed by atoms with Crippen LogP contribution < -0.4 is 0 Å². The van der Waals surface area contributed by atoms with Crippen LogP contribution in [0.4, 0.5) is 19.2 Å². The number of carbonyl (C=O) groups excluding carboxylic acids is 14. The molecule has 4 rings (SSSR count). The number of benzene rings is 4. The molecule has 0 aliphatic rings. The van der Waals surface area contributed by atoms with E-state index in [0.29, 0.717) is 0 Å². The van der Waals surface area contributed by atoms with Gasteiger partial charge >= 0.3 is 48.3 Å². The Balaban J connectivity index is -0.00000138. The predicted molar refractivity (Wildman–Crippen MR) is 390 cm³/mol. The van der Waals surface area contributed by atoms with Crippen molar-refractivity contribution in [3.63, 3.8) is 0 Å². The first-order valence-corrected chi connectivity index (χ1v) is 33.6. The molecule has 36 heteroatoms. The summed E-state index contributed by atoms with van der Waals surface area (Å²) >= 11 is 0. The van der Waals surface area contributed by atoms with Crippen molar-refractivity contribution in [1.82, 2.24) is 39.2 Å². The summed E-state index contributed by atoms with van der Waals surface area (Å²) in [6, 6.07) is 36.0. The molecule has 1 atom stereocenters. The molecule has 1 unspecified atom stereocenters.